The highest BCUT2D eigenvalue weighted by molar-refractivity contribution is 9.09. The lowest BCUT2D eigenvalue weighted by atomic mass is 10.0. The van der Waals surface area contributed by atoms with Gasteiger partial charge < -0.3 is 29.6 Å². The van der Waals surface area contributed by atoms with Gasteiger partial charge in [-0.3, -0.25) is 4.79 Å². The maximum atomic E-state index is 11.8. The van der Waals surface area contributed by atoms with Crippen molar-refractivity contribution < 1.29 is 28.5 Å². The molecule has 0 aromatic rings. The number of rotatable bonds is 16. The number of nitrogens with one attached hydrogen (secondary N) is 2. The molecule has 1 aliphatic rings. The van der Waals surface area contributed by atoms with Crippen molar-refractivity contribution in [2.45, 2.75) is 51.0 Å². The van der Waals surface area contributed by atoms with Crippen LogP contribution in [0.15, 0.2) is 12.2 Å². The molecule has 0 bridgehead atoms. The van der Waals surface area contributed by atoms with Gasteiger partial charge in [-0.2, -0.15) is 0 Å². The molecule has 30 heavy (non-hydrogen) atoms. The van der Waals surface area contributed by atoms with Gasteiger partial charge >= 0.3 is 6.09 Å². The second-order valence-electron chi connectivity index (χ2n) is 6.96. The maximum Gasteiger partial charge on any atom is 0.407 e. The van der Waals surface area contributed by atoms with Crippen LogP contribution < -0.4 is 10.6 Å². The summed E-state index contributed by atoms with van der Waals surface area (Å²) in [6.45, 7) is 4.35. The number of carbonyl (C=O) groups excluding carboxylic acids is 2. The molecule has 9 heteroatoms. The summed E-state index contributed by atoms with van der Waals surface area (Å²) in [5, 5.41) is 5.85. The number of halogens is 1. The summed E-state index contributed by atoms with van der Waals surface area (Å²) in [7, 11) is 0. The monoisotopic (exact) mass is 492 g/mol. The minimum absolute atomic E-state index is 0.0170. The molecule has 0 heterocycles. The lowest BCUT2D eigenvalue weighted by Crippen LogP contribution is -2.29. The number of hydrogen-bond acceptors (Lipinski definition) is 6. The zero-order chi connectivity index (χ0) is 21.7. The third-order valence-electron chi connectivity index (χ3n) is 4.36. The van der Waals surface area contributed by atoms with Crippen LogP contribution in [0.25, 0.3) is 0 Å². The van der Waals surface area contributed by atoms with E-state index < -0.39 is 0 Å². The second kappa shape index (κ2) is 19.8. The standard InChI is InChI=1S/C21H37BrN2O6/c22-18-20(25)23-10-6-12-27-14-16-29-17-15-28-13-7-11-24-21(26)30-19-8-4-2-1-3-5-9-19/h4,8,19H,1-3,5-7,9-18H2,(H,23,25)(H,24,26). The van der Waals surface area contributed by atoms with Gasteiger partial charge in [0, 0.05) is 26.3 Å². The Bertz CT molecular complexity index is 478. The molecule has 0 spiro atoms. The smallest absolute Gasteiger partial charge is 0.407 e. The predicted molar refractivity (Wildman–Crippen MR) is 119 cm³/mol. The van der Waals surface area contributed by atoms with Gasteiger partial charge in [-0.05, 0) is 44.6 Å². The Balaban J connectivity index is 1.80. The summed E-state index contributed by atoms with van der Waals surface area (Å²) >= 11 is 3.09. The first-order valence-corrected chi connectivity index (χ1v) is 12.0. The van der Waals surface area contributed by atoms with Crippen molar-refractivity contribution in [3.63, 3.8) is 0 Å². The van der Waals surface area contributed by atoms with Crippen molar-refractivity contribution in [2.24, 2.45) is 0 Å². The Morgan fingerprint density at radius 2 is 1.50 bits per heavy atom. The van der Waals surface area contributed by atoms with E-state index in [2.05, 4.69) is 32.6 Å². The van der Waals surface area contributed by atoms with E-state index in [4.69, 9.17) is 18.9 Å². The number of carbonyl (C=O) groups is 2. The third kappa shape index (κ3) is 16.6. The first-order chi connectivity index (χ1) is 14.7. The van der Waals surface area contributed by atoms with Crippen molar-refractivity contribution in [3.05, 3.63) is 12.2 Å². The van der Waals surface area contributed by atoms with Gasteiger partial charge in [-0.1, -0.05) is 28.4 Å². The molecule has 1 rings (SSSR count). The highest BCUT2D eigenvalue weighted by Gasteiger charge is 2.11. The van der Waals surface area contributed by atoms with E-state index in [0.29, 0.717) is 58.1 Å². The minimum Gasteiger partial charge on any atom is -0.442 e. The van der Waals surface area contributed by atoms with Gasteiger partial charge in [0.25, 0.3) is 0 Å². The molecule has 0 saturated carbocycles. The molecule has 1 unspecified atom stereocenters. The highest BCUT2D eigenvalue weighted by atomic mass is 79.9. The number of allylic oxidation sites excluding steroid dienone is 1. The van der Waals surface area contributed by atoms with Crippen molar-refractivity contribution in [1.29, 1.82) is 0 Å². The van der Waals surface area contributed by atoms with Crippen molar-refractivity contribution >= 4 is 27.9 Å². The van der Waals surface area contributed by atoms with Crippen LogP contribution in [0.4, 0.5) is 4.79 Å². The quantitative estimate of drug-likeness (QED) is 0.195. The molecular formula is C21H37BrN2O6. The molecule has 1 atom stereocenters. The molecule has 174 valence electrons. The lowest BCUT2D eigenvalue weighted by Gasteiger charge is -2.16. The van der Waals surface area contributed by atoms with Gasteiger partial charge in [0.05, 0.1) is 31.8 Å². The minimum atomic E-state index is -0.362. The molecule has 2 N–H and O–H groups in total. The molecule has 0 fully saturated rings. The van der Waals surface area contributed by atoms with Gasteiger partial charge in [-0.25, -0.2) is 4.79 Å². The molecule has 0 aromatic heterocycles. The number of alkyl carbamates (subject to hydrolysis) is 1. The maximum absolute atomic E-state index is 11.8. The second-order valence-corrected chi connectivity index (χ2v) is 7.53. The van der Waals surface area contributed by atoms with Gasteiger partial charge in [-0.15, -0.1) is 0 Å². The highest BCUT2D eigenvalue weighted by Crippen LogP contribution is 2.14. The molecule has 0 aromatic carbocycles. The summed E-state index contributed by atoms with van der Waals surface area (Å²) < 4.78 is 21.7. The summed E-state index contributed by atoms with van der Waals surface area (Å²) in [4.78, 5) is 22.8. The number of amides is 2. The van der Waals surface area contributed by atoms with Crippen molar-refractivity contribution in [3.8, 4) is 0 Å². The SMILES string of the molecule is O=C(CBr)NCCCOCCOCCOCCCNC(=O)OC1C=CCCCCC1. The predicted octanol–water partition coefficient (Wildman–Crippen LogP) is 2.94. The molecule has 2 amide bonds. The van der Waals surface area contributed by atoms with Crippen LogP contribution in [0, 0.1) is 0 Å². The topological polar surface area (TPSA) is 95.1 Å². The van der Waals surface area contributed by atoms with E-state index >= 15 is 0 Å². The van der Waals surface area contributed by atoms with E-state index in [1.54, 1.807) is 0 Å². The van der Waals surface area contributed by atoms with E-state index in [-0.39, 0.29) is 18.1 Å². The summed E-state index contributed by atoms with van der Waals surface area (Å²) in [6.07, 6.45) is 10.6. The largest absolute Gasteiger partial charge is 0.442 e. The van der Waals surface area contributed by atoms with E-state index in [0.717, 1.165) is 32.1 Å². The van der Waals surface area contributed by atoms with Crippen LogP contribution >= 0.6 is 15.9 Å². The summed E-state index contributed by atoms with van der Waals surface area (Å²) in [5.74, 6) is -0.0170. The van der Waals surface area contributed by atoms with Crippen LogP contribution in [0.2, 0.25) is 0 Å². The Morgan fingerprint density at radius 3 is 2.17 bits per heavy atom. The van der Waals surface area contributed by atoms with E-state index in [9.17, 15) is 9.59 Å². The Labute approximate surface area is 188 Å². The van der Waals surface area contributed by atoms with Crippen molar-refractivity contribution in [2.75, 3.05) is 58.1 Å². The summed E-state index contributed by atoms with van der Waals surface area (Å²) in [5.41, 5.74) is 0. The zero-order valence-electron chi connectivity index (χ0n) is 17.9. The fourth-order valence-corrected chi connectivity index (χ4v) is 2.96. The number of hydrogen-bond donors (Lipinski definition) is 2. The number of ether oxygens (including phenoxy) is 4. The number of alkyl halides is 1. The molecule has 8 nitrogen and oxygen atoms in total. The fourth-order valence-electron chi connectivity index (χ4n) is 2.76. The average molecular weight is 493 g/mol. The van der Waals surface area contributed by atoms with Crippen molar-refractivity contribution in [1.82, 2.24) is 10.6 Å². The van der Waals surface area contributed by atoms with Gasteiger partial charge in [0.1, 0.15) is 6.10 Å². The average Bonchev–Trinajstić information content (AvgIpc) is 2.72. The fraction of sp³-hybridized carbons (Fsp3) is 0.810. The van der Waals surface area contributed by atoms with Crippen LogP contribution in [-0.2, 0) is 23.7 Å². The molecule has 0 radical (unpaired) electrons. The zero-order valence-corrected chi connectivity index (χ0v) is 19.5. The van der Waals surface area contributed by atoms with Crippen LogP contribution in [0.3, 0.4) is 0 Å². The third-order valence-corrected chi connectivity index (χ3v) is 4.87. The molecular weight excluding hydrogens is 456 g/mol. The molecule has 1 aliphatic carbocycles. The van der Waals surface area contributed by atoms with Crippen LogP contribution in [-0.4, -0.2) is 76.2 Å². The van der Waals surface area contributed by atoms with E-state index in [1.165, 1.54) is 12.8 Å². The van der Waals surface area contributed by atoms with Gasteiger partial charge in [0.2, 0.25) is 5.91 Å². The summed E-state index contributed by atoms with van der Waals surface area (Å²) in [6, 6.07) is 0. The first kappa shape index (κ1) is 26.9. The van der Waals surface area contributed by atoms with Crippen LogP contribution in [0.1, 0.15) is 44.9 Å². The Morgan fingerprint density at radius 1 is 0.867 bits per heavy atom. The molecule has 0 aliphatic heterocycles. The molecule has 0 saturated heterocycles. The normalized spacial score (nSPS) is 16.5. The Hall–Kier alpha value is -1.16. The first-order valence-electron chi connectivity index (χ1n) is 10.9. The lowest BCUT2D eigenvalue weighted by molar-refractivity contribution is -0.118. The van der Waals surface area contributed by atoms with E-state index in [1.807, 2.05) is 6.08 Å². The van der Waals surface area contributed by atoms with Gasteiger partial charge in [0.15, 0.2) is 0 Å². The van der Waals surface area contributed by atoms with Crippen LogP contribution in [0.5, 0.6) is 0 Å². The Kier molecular flexibility index (Phi) is 17.7.